The van der Waals surface area contributed by atoms with Crippen LogP contribution in [0.1, 0.15) is 12.0 Å². The minimum atomic E-state index is -0.0193. The van der Waals surface area contributed by atoms with Gasteiger partial charge in [-0.1, -0.05) is 0 Å². The summed E-state index contributed by atoms with van der Waals surface area (Å²) < 4.78 is 6.56. The number of carbonyl (C=O) groups is 1. The highest BCUT2D eigenvalue weighted by molar-refractivity contribution is 5.76. The summed E-state index contributed by atoms with van der Waals surface area (Å²) in [6.07, 6.45) is 2.23. The number of nitrogens with one attached hydrogen (secondary N) is 2. The Kier molecular flexibility index (Phi) is 4.89. The molecule has 2 N–H and O–H groups in total. The summed E-state index contributed by atoms with van der Waals surface area (Å²) in [5.41, 5.74) is 1.92. The molecule has 0 fully saturated rings. The van der Waals surface area contributed by atoms with E-state index in [2.05, 4.69) is 20.7 Å². The lowest BCUT2D eigenvalue weighted by Gasteiger charge is -2.04. The van der Waals surface area contributed by atoms with Crippen molar-refractivity contribution in [1.29, 1.82) is 0 Å². The number of amides is 1. The maximum absolute atomic E-state index is 11.5. The fourth-order valence-corrected chi connectivity index (χ4v) is 1.73. The molecular weight excluding hydrogens is 258 g/mol. The molecule has 2 rings (SSSR count). The zero-order valence-electron chi connectivity index (χ0n) is 11.7. The minimum absolute atomic E-state index is 0.0193. The van der Waals surface area contributed by atoms with E-state index >= 15 is 0 Å². The van der Waals surface area contributed by atoms with Gasteiger partial charge in [-0.05, 0) is 24.6 Å². The number of fused-ring (bicyclic) bond motifs is 1. The van der Waals surface area contributed by atoms with E-state index in [4.69, 9.17) is 4.74 Å². The molecular formula is C13H19N5O2. The molecule has 2 aromatic rings. The Balaban J connectivity index is 1.79. The molecule has 0 unspecified atom stereocenters. The van der Waals surface area contributed by atoms with Crippen LogP contribution in [0.25, 0.3) is 5.65 Å². The number of aromatic nitrogens is 3. The fraction of sp³-hybridized carbons (Fsp3) is 0.462. The van der Waals surface area contributed by atoms with Crippen molar-refractivity contribution in [3.63, 3.8) is 0 Å². The third kappa shape index (κ3) is 3.92. The number of rotatable bonds is 7. The average Bonchev–Trinajstić information content (AvgIpc) is 2.81. The molecule has 2 heterocycles. The Morgan fingerprint density at radius 3 is 3.10 bits per heavy atom. The average molecular weight is 277 g/mol. The summed E-state index contributed by atoms with van der Waals surface area (Å²) in [6, 6.07) is 3.92. The molecule has 0 radical (unpaired) electrons. The number of pyridine rings is 1. The second-order valence-corrected chi connectivity index (χ2v) is 4.46. The molecule has 0 spiro atoms. The molecule has 0 bridgehead atoms. The van der Waals surface area contributed by atoms with E-state index in [9.17, 15) is 4.79 Å². The summed E-state index contributed by atoms with van der Waals surface area (Å²) >= 11 is 0. The Morgan fingerprint density at radius 1 is 1.45 bits per heavy atom. The highest BCUT2D eigenvalue weighted by Crippen LogP contribution is 2.07. The van der Waals surface area contributed by atoms with Crippen LogP contribution in [-0.4, -0.2) is 47.3 Å². The van der Waals surface area contributed by atoms with Crippen LogP contribution < -0.4 is 10.6 Å². The molecule has 0 saturated carbocycles. The smallest absolute Gasteiger partial charge is 0.243 e. The fourth-order valence-electron chi connectivity index (χ4n) is 1.73. The molecule has 7 heteroatoms. The van der Waals surface area contributed by atoms with Crippen LogP contribution in [0.3, 0.4) is 0 Å². The Labute approximate surface area is 117 Å². The Bertz CT molecular complexity index is 581. The lowest BCUT2D eigenvalue weighted by Crippen LogP contribution is -2.28. The normalized spacial score (nSPS) is 10.7. The number of hydrogen-bond acceptors (Lipinski definition) is 5. The molecule has 0 aliphatic carbocycles. The number of carbonyl (C=O) groups excluding carboxylic acids is 1. The van der Waals surface area contributed by atoms with E-state index in [0.29, 0.717) is 32.1 Å². The number of ether oxygens (including phenoxy) is 1. The summed E-state index contributed by atoms with van der Waals surface area (Å²) in [4.78, 5) is 15.8. The van der Waals surface area contributed by atoms with Crippen LogP contribution in [0.15, 0.2) is 18.3 Å². The van der Waals surface area contributed by atoms with Crippen molar-refractivity contribution in [2.75, 3.05) is 32.1 Å². The predicted octanol–water partition coefficient (Wildman–Crippen LogP) is 0.602. The van der Waals surface area contributed by atoms with Gasteiger partial charge in [0, 0.05) is 32.8 Å². The molecule has 0 aliphatic heterocycles. The van der Waals surface area contributed by atoms with Crippen LogP contribution in [0.2, 0.25) is 0 Å². The van der Waals surface area contributed by atoms with Gasteiger partial charge in [-0.3, -0.25) is 4.79 Å². The summed E-state index contributed by atoms with van der Waals surface area (Å²) in [6.45, 7) is 3.55. The molecule has 0 atom stereocenters. The molecule has 108 valence electrons. The highest BCUT2D eigenvalue weighted by Gasteiger charge is 2.04. The van der Waals surface area contributed by atoms with Crippen molar-refractivity contribution in [2.24, 2.45) is 0 Å². The van der Waals surface area contributed by atoms with Crippen LogP contribution >= 0.6 is 0 Å². The molecule has 1 amide bonds. The van der Waals surface area contributed by atoms with Crippen LogP contribution in [0, 0.1) is 6.92 Å². The zero-order chi connectivity index (χ0) is 14.4. The van der Waals surface area contributed by atoms with Gasteiger partial charge in [-0.25, -0.2) is 4.52 Å². The minimum Gasteiger partial charge on any atom is -0.383 e. The van der Waals surface area contributed by atoms with E-state index in [1.165, 1.54) is 0 Å². The van der Waals surface area contributed by atoms with E-state index in [0.717, 1.165) is 11.2 Å². The zero-order valence-corrected chi connectivity index (χ0v) is 11.7. The van der Waals surface area contributed by atoms with E-state index in [1.807, 2.05) is 25.3 Å². The number of nitrogens with zero attached hydrogens (tertiary/aromatic N) is 3. The number of anilines is 1. The number of aryl methyl sites for hydroxylation is 1. The monoisotopic (exact) mass is 277 g/mol. The second-order valence-electron chi connectivity index (χ2n) is 4.46. The predicted molar refractivity (Wildman–Crippen MR) is 75.7 cm³/mol. The Morgan fingerprint density at radius 2 is 2.30 bits per heavy atom. The van der Waals surface area contributed by atoms with Gasteiger partial charge in [0.2, 0.25) is 11.9 Å². The summed E-state index contributed by atoms with van der Waals surface area (Å²) in [5, 5.41) is 10.1. The first kappa shape index (κ1) is 14.3. The van der Waals surface area contributed by atoms with Crippen LogP contribution in [0.4, 0.5) is 5.95 Å². The van der Waals surface area contributed by atoms with Gasteiger partial charge in [0.15, 0.2) is 5.65 Å². The van der Waals surface area contributed by atoms with Gasteiger partial charge in [-0.15, -0.1) is 5.10 Å². The molecule has 0 aliphatic rings. The maximum atomic E-state index is 11.5. The largest absolute Gasteiger partial charge is 0.383 e. The quantitative estimate of drug-likeness (QED) is 0.724. The lowest BCUT2D eigenvalue weighted by atomic mass is 10.3. The molecule has 20 heavy (non-hydrogen) atoms. The van der Waals surface area contributed by atoms with Crippen molar-refractivity contribution in [2.45, 2.75) is 13.3 Å². The van der Waals surface area contributed by atoms with Crippen molar-refractivity contribution in [1.82, 2.24) is 19.9 Å². The SMILES string of the molecule is COCCNC(=O)CCNc1nc2cc(C)ccn2n1. The molecule has 0 saturated heterocycles. The van der Waals surface area contributed by atoms with Crippen molar-refractivity contribution >= 4 is 17.5 Å². The maximum Gasteiger partial charge on any atom is 0.243 e. The van der Waals surface area contributed by atoms with Gasteiger partial charge >= 0.3 is 0 Å². The first-order valence-electron chi connectivity index (χ1n) is 6.51. The van der Waals surface area contributed by atoms with Gasteiger partial charge in [0.25, 0.3) is 0 Å². The third-order valence-electron chi connectivity index (χ3n) is 2.76. The summed E-state index contributed by atoms with van der Waals surface area (Å²) in [7, 11) is 1.60. The van der Waals surface area contributed by atoms with Crippen molar-refractivity contribution < 1.29 is 9.53 Å². The number of methoxy groups -OCH3 is 1. The lowest BCUT2D eigenvalue weighted by molar-refractivity contribution is -0.121. The standard InChI is InChI=1S/C13H19N5O2/c1-10-4-7-18-11(9-10)16-13(17-18)15-5-3-12(19)14-6-8-20-2/h4,7,9H,3,5-6,8H2,1-2H3,(H,14,19)(H,15,17). The first-order chi connectivity index (χ1) is 9.69. The van der Waals surface area contributed by atoms with Crippen molar-refractivity contribution in [3.05, 3.63) is 23.9 Å². The second kappa shape index (κ2) is 6.85. The first-order valence-corrected chi connectivity index (χ1v) is 6.51. The molecule has 0 aromatic carbocycles. The van der Waals surface area contributed by atoms with Gasteiger partial charge < -0.3 is 15.4 Å². The highest BCUT2D eigenvalue weighted by atomic mass is 16.5. The van der Waals surface area contributed by atoms with Gasteiger partial charge in [0.05, 0.1) is 6.61 Å². The van der Waals surface area contributed by atoms with E-state index in [-0.39, 0.29) is 5.91 Å². The molecule has 7 nitrogen and oxygen atoms in total. The van der Waals surface area contributed by atoms with E-state index < -0.39 is 0 Å². The van der Waals surface area contributed by atoms with Crippen LogP contribution in [0.5, 0.6) is 0 Å². The van der Waals surface area contributed by atoms with E-state index in [1.54, 1.807) is 11.6 Å². The van der Waals surface area contributed by atoms with Gasteiger partial charge in [0.1, 0.15) is 0 Å². The topological polar surface area (TPSA) is 80.5 Å². The number of hydrogen-bond donors (Lipinski definition) is 2. The van der Waals surface area contributed by atoms with Crippen molar-refractivity contribution in [3.8, 4) is 0 Å². The Hall–Kier alpha value is -2.15. The summed E-state index contributed by atoms with van der Waals surface area (Å²) in [5.74, 6) is 0.509. The van der Waals surface area contributed by atoms with Crippen LogP contribution in [-0.2, 0) is 9.53 Å². The third-order valence-corrected chi connectivity index (χ3v) is 2.76. The molecule has 2 aromatic heterocycles. The van der Waals surface area contributed by atoms with Gasteiger partial charge in [-0.2, -0.15) is 4.98 Å².